The lowest BCUT2D eigenvalue weighted by molar-refractivity contribution is 0.509. The first-order valence-electron chi connectivity index (χ1n) is 4.89. The summed E-state index contributed by atoms with van der Waals surface area (Å²) in [5.74, 6) is 0.721. The average molecular weight is 194 g/mol. The fourth-order valence-electron chi connectivity index (χ4n) is 1.45. The molecule has 14 heavy (non-hydrogen) atoms. The molecular formula is C10H18N4. The minimum Gasteiger partial charge on any atom is -0.394 e. The maximum atomic E-state index is 5.74. The average Bonchev–Trinajstić information content (AvgIpc) is 2.08. The molecule has 1 aromatic heterocycles. The lowest BCUT2D eigenvalue weighted by Crippen LogP contribution is -2.31. The maximum absolute atomic E-state index is 5.74. The van der Waals surface area contributed by atoms with Crippen molar-refractivity contribution in [3.05, 3.63) is 12.5 Å². The first-order valence-corrected chi connectivity index (χ1v) is 4.89. The third-order valence-corrected chi connectivity index (χ3v) is 2.07. The monoisotopic (exact) mass is 194 g/mol. The first kappa shape index (κ1) is 10.8. The Morgan fingerprint density at radius 3 is 2.79 bits per heavy atom. The predicted octanol–water partition coefficient (Wildman–Crippen LogP) is 2.05. The molecule has 0 aliphatic carbocycles. The SMILES string of the molecule is CCCC(C)(C)Nc1ncncc1N. The smallest absolute Gasteiger partial charge is 0.153 e. The zero-order chi connectivity index (χ0) is 10.6. The number of rotatable bonds is 4. The quantitative estimate of drug-likeness (QED) is 0.770. The second-order valence-electron chi connectivity index (χ2n) is 4.09. The van der Waals surface area contributed by atoms with Crippen LogP contribution in [-0.2, 0) is 0 Å². The Hall–Kier alpha value is -1.32. The molecule has 0 saturated carbocycles. The number of aromatic nitrogens is 2. The van der Waals surface area contributed by atoms with Gasteiger partial charge in [-0.2, -0.15) is 0 Å². The predicted molar refractivity (Wildman–Crippen MR) is 59.1 cm³/mol. The van der Waals surface area contributed by atoms with E-state index in [1.54, 1.807) is 6.20 Å². The summed E-state index contributed by atoms with van der Waals surface area (Å²) in [7, 11) is 0. The molecule has 0 bridgehead atoms. The van der Waals surface area contributed by atoms with Crippen molar-refractivity contribution in [1.82, 2.24) is 9.97 Å². The van der Waals surface area contributed by atoms with E-state index >= 15 is 0 Å². The van der Waals surface area contributed by atoms with E-state index in [1.807, 2.05) is 0 Å². The standard InChI is InChI=1S/C10H18N4/c1-4-5-10(2,3)14-9-8(11)6-12-7-13-9/h6-7H,4-5,11H2,1-3H3,(H,12,13,14). The van der Waals surface area contributed by atoms with Crippen molar-refractivity contribution < 1.29 is 0 Å². The number of nitrogens with zero attached hydrogens (tertiary/aromatic N) is 2. The Balaban J connectivity index is 2.73. The molecule has 78 valence electrons. The highest BCUT2D eigenvalue weighted by molar-refractivity contribution is 5.59. The van der Waals surface area contributed by atoms with Gasteiger partial charge in [0.1, 0.15) is 6.33 Å². The molecule has 0 fully saturated rings. The summed E-state index contributed by atoms with van der Waals surface area (Å²) >= 11 is 0. The molecule has 1 rings (SSSR count). The molecule has 3 N–H and O–H groups in total. The Bertz CT molecular complexity index is 296. The normalized spacial score (nSPS) is 11.4. The summed E-state index contributed by atoms with van der Waals surface area (Å²) in [5.41, 5.74) is 6.36. The molecular weight excluding hydrogens is 176 g/mol. The second kappa shape index (κ2) is 4.26. The van der Waals surface area contributed by atoms with Crippen LogP contribution in [0, 0.1) is 0 Å². The molecule has 0 aromatic carbocycles. The zero-order valence-corrected chi connectivity index (χ0v) is 9.04. The minimum atomic E-state index is 0.0250. The highest BCUT2D eigenvalue weighted by atomic mass is 15.1. The van der Waals surface area contributed by atoms with Gasteiger partial charge in [-0.05, 0) is 20.3 Å². The number of hydrogen-bond acceptors (Lipinski definition) is 4. The van der Waals surface area contributed by atoms with E-state index in [2.05, 4.69) is 36.1 Å². The molecule has 4 nitrogen and oxygen atoms in total. The third kappa shape index (κ3) is 2.87. The van der Waals surface area contributed by atoms with Gasteiger partial charge >= 0.3 is 0 Å². The van der Waals surface area contributed by atoms with Gasteiger partial charge in [0.15, 0.2) is 5.82 Å². The first-order chi connectivity index (χ1) is 6.55. The summed E-state index contributed by atoms with van der Waals surface area (Å²) in [6.07, 6.45) is 5.32. The molecule has 4 heteroatoms. The van der Waals surface area contributed by atoms with E-state index in [4.69, 9.17) is 5.73 Å². The lowest BCUT2D eigenvalue weighted by Gasteiger charge is -2.26. The maximum Gasteiger partial charge on any atom is 0.153 e. The van der Waals surface area contributed by atoms with Crippen LogP contribution in [0.5, 0.6) is 0 Å². The summed E-state index contributed by atoms with van der Waals surface area (Å²) in [6.45, 7) is 6.43. The van der Waals surface area contributed by atoms with Gasteiger partial charge in [0, 0.05) is 5.54 Å². The van der Waals surface area contributed by atoms with Crippen molar-refractivity contribution in [3.63, 3.8) is 0 Å². The van der Waals surface area contributed by atoms with Gasteiger partial charge in [-0.15, -0.1) is 0 Å². The molecule has 0 radical (unpaired) electrons. The van der Waals surface area contributed by atoms with E-state index < -0.39 is 0 Å². The molecule has 0 amide bonds. The molecule has 0 aliphatic rings. The Morgan fingerprint density at radius 1 is 1.50 bits per heavy atom. The second-order valence-corrected chi connectivity index (χ2v) is 4.09. The lowest BCUT2D eigenvalue weighted by atomic mass is 9.99. The number of hydrogen-bond donors (Lipinski definition) is 2. The van der Waals surface area contributed by atoms with Gasteiger partial charge < -0.3 is 11.1 Å². The number of anilines is 2. The van der Waals surface area contributed by atoms with Gasteiger partial charge in [-0.25, -0.2) is 9.97 Å². The van der Waals surface area contributed by atoms with Crippen LogP contribution in [0.25, 0.3) is 0 Å². The molecule has 1 aromatic rings. The van der Waals surface area contributed by atoms with Crippen molar-refractivity contribution >= 4 is 11.5 Å². The van der Waals surface area contributed by atoms with Gasteiger partial charge in [0.2, 0.25) is 0 Å². The molecule has 0 aliphatic heterocycles. The Morgan fingerprint density at radius 2 is 2.21 bits per heavy atom. The van der Waals surface area contributed by atoms with Crippen LogP contribution in [0.3, 0.4) is 0 Å². The molecule has 1 heterocycles. The van der Waals surface area contributed by atoms with Crippen LogP contribution in [0.4, 0.5) is 11.5 Å². The van der Waals surface area contributed by atoms with E-state index in [1.165, 1.54) is 6.33 Å². The highest BCUT2D eigenvalue weighted by Gasteiger charge is 2.17. The van der Waals surface area contributed by atoms with Gasteiger partial charge in [-0.3, -0.25) is 0 Å². The zero-order valence-electron chi connectivity index (χ0n) is 9.04. The van der Waals surface area contributed by atoms with Crippen LogP contribution in [0.2, 0.25) is 0 Å². The van der Waals surface area contributed by atoms with Crippen molar-refractivity contribution in [2.45, 2.75) is 39.2 Å². The molecule has 0 spiro atoms. The van der Waals surface area contributed by atoms with Crippen LogP contribution in [0.15, 0.2) is 12.5 Å². The van der Waals surface area contributed by atoms with E-state index in [9.17, 15) is 0 Å². The molecule has 0 unspecified atom stereocenters. The largest absolute Gasteiger partial charge is 0.394 e. The fourth-order valence-corrected chi connectivity index (χ4v) is 1.45. The van der Waals surface area contributed by atoms with Crippen molar-refractivity contribution in [1.29, 1.82) is 0 Å². The van der Waals surface area contributed by atoms with E-state index in [-0.39, 0.29) is 5.54 Å². The number of nitrogen functional groups attached to an aromatic ring is 1. The highest BCUT2D eigenvalue weighted by Crippen LogP contribution is 2.21. The van der Waals surface area contributed by atoms with Crippen molar-refractivity contribution in [3.8, 4) is 0 Å². The van der Waals surface area contributed by atoms with Crippen LogP contribution in [-0.4, -0.2) is 15.5 Å². The summed E-state index contributed by atoms with van der Waals surface area (Å²) in [5, 5.41) is 3.31. The van der Waals surface area contributed by atoms with Crippen molar-refractivity contribution in [2.24, 2.45) is 0 Å². The van der Waals surface area contributed by atoms with E-state index in [0.29, 0.717) is 5.69 Å². The number of nitrogens with two attached hydrogens (primary N) is 1. The Labute approximate surface area is 85.0 Å². The number of nitrogens with one attached hydrogen (secondary N) is 1. The minimum absolute atomic E-state index is 0.0250. The topological polar surface area (TPSA) is 63.8 Å². The van der Waals surface area contributed by atoms with Crippen molar-refractivity contribution in [2.75, 3.05) is 11.1 Å². The molecule has 0 saturated heterocycles. The summed E-state index contributed by atoms with van der Waals surface area (Å²) < 4.78 is 0. The van der Waals surface area contributed by atoms with Gasteiger partial charge in [-0.1, -0.05) is 13.3 Å². The van der Waals surface area contributed by atoms with Crippen LogP contribution < -0.4 is 11.1 Å². The summed E-state index contributed by atoms with van der Waals surface area (Å²) in [6, 6.07) is 0. The Kier molecular flexibility index (Phi) is 3.28. The van der Waals surface area contributed by atoms with Gasteiger partial charge in [0.25, 0.3) is 0 Å². The van der Waals surface area contributed by atoms with Crippen LogP contribution >= 0.6 is 0 Å². The van der Waals surface area contributed by atoms with Gasteiger partial charge in [0.05, 0.1) is 11.9 Å². The fraction of sp³-hybridized carbons (Fsp3) is 0.600. The third-order valence-electron chi connectivity index (χ3n) is 2.07. The van der Waals surface area contributed by atoms with E-state index in [0.717, 1.165) is 18.7 Å². The molecule has 0 atom stereocenters. The summed E-state index contributed by atoms with van der Waals surface area (Å²) in [4.78, 5) is 7.94. The van der Waals surface area contributed by atoms with Crippen LogP contribution in [0.1, 0.15) is 33.6 Å².